The summed E-state index contributed by atoms with van der Waals surface area (Å²) in [6.45, 7) is 6.96. The molecule has 150 valence electrons. The maximum atomic E-state index is 14.5. The minimum Gasteiger partial charge on any atom is -0.456 e. The quantitative estimate of drug-likeness (QED) is 0.518. The monoisotopic (exact) mass is 405 g/mol. The van der Waals surface area contributed by atoms with Crippen LogP contribution in [0.1, 0.15) is 51.2 Å². The summed E-state index contributed by atoms with van der Waals surface area (Å²) in [6.07, 6.45) is 3.30. The van der Waals surface area contributed by atoms with Crippen molar-refractivity contribution in [3.8, 4) is 0 Å². The number of ether oxygens (including phenoxy) is 1. The number of fused-ring (bicyclic) bond motifs is 2. The van der Waals surface area contributed by atoms with Crippen LogP contribution in [0.2, 0.25) is 0 Å². The Morgan fingerprint density at radius 3 is 1.86 bits per heavy atom. The lowest BCUT2D eigenvalue weighted by Gasteiger charge is -2.66. The molecule has 0 radical (unpaired) electrons. The van der Waals surface area contributed by atoms with Crippen molar-refractivity contribution in [2.45, 2.75) is 51.6 Å². The molecular weight excluding hydrogens is 377 g/mol. The Morgan fingerprint density at radius 1 is 0.862 bits per heavy atom. The molecular formula is C25H28NO2P. The minimum atomic E-state index is -2.88. The molecule has 3 aliphatic heterocycles. The van der Waals surface area contributed by atoms with Crippen LogP contribution in [-0.2, 0) is 9.30 Å². The number of benzene rings is 2. The van der Waals surface area contributed by atoms with Crippen molar-refractivity contribution >= 4 is 18.8 Å². The molecule has 3 nitrogen and oxygen atoms in total. The van der Waals surface area contributed by atoms with Crippen molar-refractivity contribution < 1.29 is 9.30 Å². The van der Waals surface area contributed by atoms with Crippen molar-refractivity contribution in [2.75, 3.05) is 0 Å². The number of nitrogens with zero attached hydrogens (tertiary/aromatic N) is 1. The number of rotatable bonds is 3. The van der Waals surface area contributed by atoms with Crippen LogP contribution in [0, 0.1) is 5.41 Å². The van der Waals surface area contributed by atoms with Gasteiger partial charge in [0.25, 0.3) is 0 Å². The van der Waals surface area contributed by atoms with Gasteiger partial charge in [-0.25, -0.2) is 4.67 Å². The van der Waals surface area contributed by atoms with Gasteiger partial charge in [-0.15, -0.1) is 0 Å². The van der Waals surface area contributed by atoms with Crippen molar-refractivity contribution in [2.24, 2.45) is 5.41 Å². The molecule has 3 heterocycles. The number of piperidine rings is 1. The van der Waals surface area contributed by atoms with Crippen molar-refractivity contribution in [3.63, 3.8) is 0 Å². The van der Waals surface area contributed by atoms with E-state index in [0.717, 1.165) is 30.4 Å². The van der Waals surface area contributed by atoms with Crippen LogP contribution in [0.3, 0.4) is 0 Å². The van der Waals surface area contributed by atoms with Crippen LogP contribution in [0.15, 0.2) is 72.3 Å². The highest BCUT2D eigenvalue weighted by atomic mass is 31.2. The first-order valence-corrected chi connectivity index (χ1v) is 12.2. The van der Waals surface area contributed by atoms with Crippen LogP contribution in [0.25, 0.3) is 11.5 Å². The van der Waals surface area contributed by atoms with Crippen molar-refractivity contribution in [3.05, 3.63) is 83.4 Å². The Morgan fingerprint density at radius 2 is 1.38 bits per heavy atom. The molecule has 0 spiro atoms. The Labute approximate surface area is 173 Å². The van der Waals surface area contributed by atoms with Crippen molar-refractivity contribution in [1.82, 2.24) is 4.67 Å². The second-order valence-electron chi connectivity index (χ2n) is 9.74. The topological polar surface area (TPSA) is 29.5 Å². The molecule has 4 aliphatic rings. The van der Waals surface area contributed by atoms with Gasteiger partial charge in [0.15, 0.2) is 0 Å². The SMILES string of the molecule is CC1(C)C[C@H]2C[C@](C)(C1)N2P1(=O)C=C(c2ccccc2)OC(c2ccccc2)=C1. The van der Waals surface area contributed by atoms with E-state index in [4.69, 9.17) is 4.74 Å². The highest BCUT2D eigenvalue weighted by Crippen LogP contribution is 2.71. The van der Waals surface area contributed by atoms with Crippen molar-refractivity contribution in [1.29, 1.82) is 0 Å². The third kappa shape index (κ3) is 3.21. The van der Waals surface area contributed by atoms with E-state index in [1.165, 1.54) is 0 Å². The van der Waals surface area contributed by atoms with Gasteiger partial charge >= 0.3 is 0 Å². The van der Waals surface area contributed by atoms with Gasteiger partial charge in [-0.05, 0) is 31.6 Å². The first-order chi connectivity index (χ1) is 13.8. The summed E-state index contributed by atoms with van der Waals surface area (Å²) in [5.41, 5.74) is 2.21. The van der Waals surface area contributed by atoms with Crippen LogP contribution in [0.4, 0.5) is 0 Å². The molecule has 3 fully saturated rings. The molecule has 0 unspecified atom stereocenters. The lowest BCUT2D eigenvalue weighted by molar-refractivity contribution is -0.0839. The van der Waals surface area contributed by atoms with Gasteiger partial charge in [0.1, 0.15) is 11.5 Å². The zero-order chi connectivity index (χ0) is 20.3. The summed E-state index contributed by atoms with van der Waals surface area (Å²) in [6, 6.07) is 20.4. The normalized spacial score (nSPS) is 29.8. The van der Waals surface area contributed by atoms with E-state index < -0.39 is 7.29 Å². The lowest BCUT2D eigenvalue weighted by Crippen LogP contribution is -2.68. The minimum absolute atomic E-state index is 0.0180. The van der Waals surface area contributed by atoms with Crippen LogP contribution in [0.5, 0.6) is 0 Å². The van der Waals surface area contributed by atoms with Crippen LogP contribution in [-0.4, -0.2) is 16.3 Å². The van der Waals surface area contributed by atoms with E-state index in [0.29, 0.717) is 23.0 Å². The highest BCUT2D eigenvalue weighted by molar-refractivity contribution is 7.68. The second kappa shape index (κ2) is 6.45. The zero-order valence-electron chi connectivity index (χ0n) is 17.3. The standard InChI is InChI=1S/C25H28NO2P/c1-24(2)14-21-15-25(3,18-24)26(21)29(27)16-22(19-10-6-4-7-11-19)28-23(17-29)20-12-8-5-9-13-20/h4-13,16-17,21H,14-15,18H2,1-3H3/t21-,25+/m0/s1. The summed E-state index contributed by atoms with van der Waals surface area (Å²) < 4.78 is 23.1. The molecule has 0 amide bonds. The zero-order valence-corrected chi connectivity index (χ0v) is 18.2. The van der Waals surface area contributed by atoms with Gasteiger partial charge in [0.2, 0.25) is 7.29 Å². The molecule has 2 aromatic rings. The summed E-state index contributed by atoms with van der Waals surface area (Å²) in [5, 5.41) is 0. The van der Waals surface area contributed by atoms with E-state index in [1.54, 1.807) is 0 Å². The molecule has 4 heteroatoms. The molecule has 2 saturated heterocycles. The van der Waals surface area contributed by atoms with Gasteiger partial charge in [-0.3, -0.25) is 4.57 Å². The van der Waals surface area contributed by atoms with E-state index >= 15 is 0 Å². The van der Waals surface area contributed by atoms with Crippen LogP contribution >= 0.6 is 7.29 Å². The van der Waals surface area contributed by atoms with E-state index in [1.807, 2.05) is 72.3 Å². The molecule has 6 rings (SSSR count). The molecule has 29 heavy (non-hydrogen) atoms. The Balaban J connectivity index is 1.61. The summed E-state index contributed by atoms with van der Waals surface area (Å²) in [4.78, 5) is 0. The predicted octanol–water partition coefficient (Wildman–Crippen LogP) is 6.94. The number of hydrogen-bond acceptors (Lipinski definition) is 2. The second-order valence-corrected chi connectivity index (χ2v) is 12.0. The van der Waals surface area contributed by atoms with Gasteiger partial charge in [0.05, 0.1) is 0 Å². The predicted molar refractivity (Wildman–Crippen MR) is 119 cm³/mol. The summed E-state index contributed by atoms with van der Waals surface area (Å²) in [7, 11) is -2.88. The average molecular weight is 405 g/mol. The van der Waals surface area contributed by atoms with Gasteiger partial charge in [-0.2, -0.15) is 0 Å². The van der Waals surface area contributed by atoms with Gasteiger partial charge in [0, 0.05) is 34.3 Å². The molecule has 1 aliphatic carbocycles. The fourth-order valence-corrected chi connectivity index (χ4v) is 8.82. The van der Waals surface area contributed by atoms with E-state index in [2.05, 4.69) is 25.4 Å². The molecule has 2 atom stereocenters. The Bertz CT molecular complexity index is 982. The first-order valence-electron chi connectivity index (χ1n) is 10.4. The lowest BCUT2D eigenvalue weighted by atomic mass is 9.61. The summed E-state index contributed by atoms with van der Waals surface area (Å²) >= 11 is 0. The van der Waals surface area contributed by atoms with Gasteiger partial charge < -0.3 is 4.74 Å². The average Bonchev–Trinajstić information content (AvgIpc) is 2.66. The third-order valence-electron chi connectivity index (χ3n) is 6.50. The Hall–Kier alpha value is -2.09. The molecule has 0 N–H and O–H groups in total. The fraction of sp³-hybridized carbons (Fsp3) is 0.360. The Kier molecular flexibility index (Phi) is 4.21. The molecule has 2 aromatic carbocycles. The van der Waals surface area contributed by atoms with Crippen LogP contribution < -0.4 is 0 Å². The largest absolute Gasteiger partial charge is 0.456 e. The molecule has 1 saturated carbocycles. The van der Waals surface area contributed by atoms with Gasteiger partial charge in [-0.1, -0.05) is 74.5 Å². The summed E-state index contributed by atoms with van der Waals surface area (Å²) in [5.74, 6) is 5.20. The van der Waals surface area contributed by atoms with E-state index in [-0.39, 0.29) is 5.54 Å². The molecule has 2 bridgehead atoms. The molecule has 0 aromatic heterocycles. The number of hydrogen-bond donors (Lipinski definition) is 0. The third-order valence-corrected chi connectivity index (χ3v) is 9.19. The maximum absolute atomic E-state index is 14.5. The van der Waals surface area contributed by atoms with E-state index in [9.17, 15) is 4.57 Å². The first kappa shape index (κ1) is 18.9. The highest BCUT2D eigenvalue weighted by Gasteiger charge is 2.61. The fourth-order valence-electron chi connectivity index (χ4n) is 5.84. The maximum Gasteiger partial charge on any atom is 0.201 e. The smallest absolute Gasteiger partial charge is 0.201 e.